The second kappa shape index (κ2) is 9.93. The normalized spacial score (nSPS) is 19.3. The van der Waals surface area contributed by atoms with Crippen molar-refractivity contribution in [2.75, 3.05) is 19.7 Å². The monoisotopic (exact) mass is 493 g/mol. The fraction of sp³-hybridized carbons (Fsp3) is 0.417. The predicted molar refractivity (Wildman–Crippen MR) is 125 cm³/mol. The number of carbonyl (C=O) groups is 2. The van der Waals surface area contributed by atoms with Crippen LogP contribution in [0.4, 0.5) is 0 Å². The standard InChI is InChI=1S/C24H28ClNO6S/c1-14-8-16(3)20(9-15(14)2)22(27)13-31-24(28)19-6-7-21(25)23(10-19)33(29,30)26-11-17(4)32-18(5)12-26/h6-10,17-18H,11-13H2,1-5H3. The predicted octanol–water partition coefficient (Wildman–Crippen LogP) is 4.10. The summed E-state index contributed by atoms with van der Waals surface area (Å²) < 4.78 is 38.5. The molecule has 33 heavy (non-hydrogen) atoms. The smallest absolute Gasteiger partial charge is 0.338 e. The minimum absolute atomic E-state index is 0.000166. The molecule has 1 saturated heterocycles. The second-order valence-electron chi connectivity index (χ2n) is 8.48. The van der Waals surface area contributed by atoms with E-state index < -0.39 is 22.6 Å². The maximum Gasteiger partial charge on any atom is 0.338 e. The summed E-state index contributed by atoms with van der Waals surface area (Å²) in [5.74, 6) is -1.14. The first-order chi connectivity index (χ1) is 15.4. The lowest BCUT2D eigenvalue weighted by Gasteiger charge is -2.34. The molecule has 0 radical (unpaired) electrons. The fourth-order valence-corrected chi connectivity index (χ4v) is 5.94. The fourth-order valence-electron chi connectivity index (χ4n) is 3.85. The minimum atomic E-state index is -3.96. The summed E-state index contributed by atoms with van der Waals surface area (Å²) >= 11 is 6.19. The molecule has 2 atom stereocenters. The number of esters is 1. The Bertz CT molecular complexity index is 1180. The van der Waals surface area contributed by atoms with Crippen LogP contribution < -0.4 is 0 Å². The third kappa shape index (κ3) is 5.63. The lowest BCUT2D eigenvalue weighted by molar-refractivity contribution is -0.0440. The van der Waals surface area contributed by atoms with Crippen molar-refractivity contribution in [3.8, 4) is 0 Å². The van der Waals surface area contributed by atoms with Gasteiger partial charge in [0.2, 0.25) is 15.8 Å². The quantitative estimate of drug-likeness (QED) is 0.444. The second-order valence-corrected chi connectivity index (χ2v) is 10.8. The van der Waals surface area contributed by atoms with Crippen molar-refractivity contribution in [2.45, 2.75) is 51.7 Å². The Balaban J connectivity index is 1.78. The van der Waals surface area contributed by atoms with Crippen LogP contribution in [0, 0.1) is 20.8 Å². The van der Waals surface area contributed by atoms with E-state index in [-0.39, 0.29) is 46.6 Å². The van der Waals surface area contributed by atoms with Crippen molar-refractivity contribution in [1.82, 2.24) is 4.31 Å². The number of benzene rings is 2. The molecule has 1 heterocycles. The molecule has 9 heteroatoms. The number of hydrogen-bond acceptors (Lipinski definition) is 6. The average Bonchev–Trinajstić information content (AvgIpc) is 2.73. The molecule has 2 aromatic rings. The Morgan fingerprint density at radius 2 is 1.64 bits per heavy atom. The van der Waals surface area contributed by atoms with E-state index in [2.05, 4.69) is 0 Å². The van der Waals surface area contributed by atoms with E-state index in [9.17, 15) is 18.0 Å². The molecule has 2 aromatic carbocycles. The van der Waals surface area contributed by atoms with Gasteiger partial charge in [0.15, 0.2) is 6.61 Å². The molecule has 3 rings (SSSR count). The van der Waals surface area contributed by atoms with Crippen LogP contribution in [0.15, 0.2) is 35.2 Å². The Hall–Kier alpha value is -2.26. The third-order valence-corrected chi connectivity index (χ3v) is 7.96. The number of ketones is 1. The van der Waals surface area contributed by atoms with Crippen LogP contribution in [0.1, 0.15) is 51.3 Å². The number of ether oxygens (including phenoxy) is 2. The number of halogens is 1. The van der Waals surface area contributed by atoms with Crippen LogP contribution in [-0.2, 0) is 19.5 Å². The van der Waals surface area contributed by atoms with Gasteiger partial charge in [0.05, 0.1) is 22.8 Å². The highest BCUT2D eigenvalue weighted by molar-refractivity contribution is 7.89. The van der Waals surface area contributed by atoms with Gasteiger partial charge < -0.3 is 9.47 Å². The highest BCUT2D eigenvalue weighted by Crippen LogP contribution is 2.28. The first-order valence-electron chi connectivity index (χ1n) is 10.6. The molecule has 7 nitrogen and oxygen atoms in total. The molecule has 2 unspecified atom stereocenters. The molecule has 0 N–H and O–H groups in total. The van der Waals surface area contributed by atoms with Gasteiger partial charge in [-0.05, 0) is 75.6 Å². The van der Waals surface area contributed by atoms with Gasteiger partial charge >= 0.3 is 5.97 Å². The summed E-state index contributed by atoms with van der Waals surface area (Å²) in [5.41, 5.74) is 3.32. The number of hydrogen-bond donors (Lipinski definition) is 0. The number of rotatable bonds is 6. The first kappa shape index (κ1) is 25.4. The van der Waals surface area contributed by atoms with Crippen LogP contribution in [0.25, 0.3) is 0 Å². The molecule has 0 saturated carbocycles. The number of nitrogens with zero attached hydrogens (tertiary/aromatic N) is 1. The van der Waals surface area contributed by atoms with Crippen LogP contribution in [0.5, 0.6) is 0 Å². The van der Waals surface area contributed by atoms with Gasteiger partial charge in [0.1, 0.15) is 4.90 Å². The lowest BCUT2D eigenvalue weighted by atomic mass is 9.98. The van der Waals surface area contributed by atoms with Crippen LogP contribution in [0.2, 0.25) is 5.02 Å². The summed E-state index contributed by atoms with van der Waals surface area (Å²) in [6.07, 6.45) is -0.536. The molecule has 0 aliphatic carbocycles. The van der Waals surface area contributed by atoms with Crippen molar-refractivity contribution in [2.24, 2.45) is 0 Å². The number of Topliss-reactive ketones (excluding diaryl/α,β-unsaturated/α-hetero) is 1. The van der Waals surface area contributed by atoms with E-state index in [4.69, 9.17) is 21.1 Å². The largest absolute Gasteiger partial charge is 0.454 e. The average molecular weight is 494 g/mol. The molecule has 1 aliphatic heterocycles. The van der Waals surface area contributed by atoms with Gasteiger partial charge in [-0.3, -0.25) is 4.79 Å². The van der Waals surface area contributed by atoms with E-state index in [0.29, 0.717) is 5.56 Å². The number of aryl methyl sites for hydroxylation is 3. The molecule has 178 valence electrons. The zero-order chi connectivity index (χ0) is 24.5. The highest BCUT2D eigenvalue weighted by atomic mass is 35.5. The Labute approximate surface area is 199 Å². The summed E-state index contributed by atoms with van der Waals surface area (Å²) in [6.45, 7) is 9.19. The SMILES string of the molecule is Cc1cc(C)c(C(=O)COC(=O)c2ccc(Cl)c(S(=O)(=O)N3CC(C)OC(C)C3)c2)cc1C. The van der Waals surface area contributed by atoms with Gasteiger partial charge in [0.25, 0.3) is 0 Å². The maximum atomic E-state index is 13.2. The molecule has 0 bridgehead atoms. The Morgan fingerprint density at radius 1 is 1.03 bits per heavy atom. The summed E-state index contributed by atoms with van der Waals surface area (Å²) in [4.78, 5) is 25.0. The van der Waals surface area contributed by atoms with Crippen LogP contribution >= 0.6 is 11.6 Å². The first-order valence-corrected chi connectivity index (χ1v) is 12.4. The summed E-state index contributed by atoms with van der Waals surface area (Å²) in [7, 11) is -3.96. The van der Waals surface area contributed by atoms with E-state index in [0.717, 1.165) is 16.7 Å². The topological polar surface area (TPSA) is 90.0 Å². The van der Waals surface area contributed by atoms with E-state index in [1.807, 2.05) is 26.8 Å². The summed E-state index contributed by atoms with van der Waals surface area (Å²) in [5, 5.41) is 0.000166. The van der Waals surface area contributed by atoms with E-state index >= 15 is 0 Å². The van der Waals surface area contributed by atoms with Crippen LogP contribution in [0.3, 0.4) is 0 Å². The van der Waals surface area contributed by atoms with Crippen molar-refractivity contribution in [3.63, 3.8) is 0 Å². The van der Waals surface area contributed by atoms with Gasteiger partial charge in [0, 0.05) is 18.7 Å². The highest BCUT2D eigenvalue weighted by Gasteiger charge is 2.34. The number of morpholine rings is 1. The lowest BCUT2D eigenvalue weighted by Crippen LogP contribution is -2.48. The van der Waals surface area contributed by atoms with Crippen molar-refractivity contribution in [3.05, 3.63) is 63.2 Å². The van der Waals surface area contributed by atoms with Gasteiger partial charge in [-0.1, -0.05) is 17.7 Å². The Morgan fingerprint density at radius 3 is 2.27 bits per heavy atom. The van der Waals surface area contributed by atoms with E-state index in [1.54, 1.807) is 19.9 Å². The zero-order valence-corrected chi connectivity index (χ0v) is 20.9. The molecular weight excluding hydrogens is 466 g/mol. The molecule has 1 aliphatic rings. The van der Waals surface area contributed by atoms with Crippen molar-refractivity contribution >= 4 is 33.4 Å². The molecule has 0 aromatic heterocycles. The Kier molecular flexibility index (Phi) is 7.63. The molecule has 0 amide bonds. The molecule has 0 spiro atoms. The summed E-state index contributed by atoms with van der Waals surface area (Å²) in [6, 6.07) is 7.59. The number of carbonyl (C=O) groups excluding carboxylic acids is 2. The molecule has 1 fully saturated rings. The van der Waals surface area contributed by atoms with Crippen LogP contribution in [-0.4, -0.2) is 56.4 Å². The zero-order valence-electron chi connectivity index (χ0n) is 19.3. The van der Waals surface area contributed by atoms with Gasteiger partial charge in [-0.15, -0.1) is 0 Å². The maximum absolute atomic E-state index is 13.2. The van der Waals surface area contributed by atoms with E-state index in [1.165, 1.54) is 22.5 Å². The van der Waals surface area contributed by atoms with Crippen molar-refractivity contribution < 1.29 is 27.5 Å². The number of sulfonamides is 1. The minimum Gasteiger partial charge on any atom is -0.454 e. The third-order valence-electron chi connectivity index (χ3n) is 5.65. The van der Waals surface area contributed by atoms with Crippen molar-refractivity contribution in [1.29, 1.82) is 0 Å². The van der Waals surface area contributed by atoms with Gasteiger partial charge in [-0.2, -0.15) is 4.31 Å². The van der Waals surface area contributed by atoms with Gasteiger partial charge in [-0.25, -0.2) is 13.2 Å². The molecular formula is C24H28ClNO6S.